The lowest BCUT2D eigenvalue weighted by Gasteiger charge is -2.31. The van der Waals surface area contributed by atoms with Crippen molar-refractivity contribution >= 4 is 6.03 Å². The number of carbonyl (C=O) groups excluding carboxylic acids is 1. The molecule has 1 heterocycles. The lowest BCUT2D eigenvalue weighted by Crippen LogP contribution is -2.41. The maximum Gasteiger partial charge on any atom is 0.315 e. The van der Waals surface area contributed by atoms with Gasteiger partial charge in [0.2, 0.25) is 0 Å². The lowest BCUT2D eigenvalue weighted by atomic mass is 9.99. The zero-order valence-electron chi connectivity index (χ0n) is 18.6. The molecular formula is C25H36N4O. The van der Waals surface area contributed by atoms with E-state index in [1.807, 2.05) is 32.3 Å². The fourth-order valence-electron chi connectivity index (χ4n) is 4.23. The SMILES string of the molecule is CC1CCCN(Cc2ccccc2CNC(=O)NC(CN(C)C)c2ccccc2)C1. The molecule has 2 atom stereocenters. The first-order chi connectivity index (χ1) is 14.5. The van der Waals surface area contributed by atoms with Crippen molar-refractivity contribution in [3.05, 3.63) is 71.3 Å². The second-order valence-electron chi connectivity index (χ2n) is 8.80. The van der Waals surface area contributed by atoms with Crippen molar-refractivity contribution in [1.29, 1.82) is 0 Å². The van der Waals surface area contributed by atoms with Crippen LogP contribution in [0.2, 0.25) is 0 Å². The molecule has 2 unspecified atom stereocenters. The zero-order chi connectivity index (χ0) is 21.3. The second kappa shape index (κ2) is 11.1. The molecule has 1 saturated heterocycles. The van der Waals surface area contributed by atoms with Crippen LogP contribution < -0.4 is 10.6 Å². The molecule has 5 nitrogen and oxygen atoms in total. The van der Waals surface area contributed by atoms with E-state index < -0.39 is 0 Å². The van der Waals surface area contributed by atoms with Gasteiger partial charge in [-0.25, -0.2) is 4.79 Å². The summed E-state index contributed by atoms with van der Waals surface area (Å²) in [7, 11) is 4.04. The molecule has 30 heavy (non-hydrogen) atoms. The fraction of sp³-hybridized carbons (Fsp3) is 0.480. The number of nitrogens with one attached hydrogen (secondary N) is 2. The Labute approximate surface area is 181 Å². The van der Waals surface area contributed by atoms with Gasteiger partial charge >= 0.3 is 6.03 Å². The Bertz CT molecular complexity index is 793. The summed E-state index contributed by atoms with van der Waals surface area (Å²) in [6, 6.07) is 18.4. The number of urea groups is 1. The Morgan fingerprint density at radius 1 is 1.10 bits per heavy atom. The number of piperidine rings is 1. The van der Waals surface area contributed by atoms with Gasteiger partial charge in [-0.1, -0.05) is 61.5 Å². The third-order valence-corrected chi connectivity index (χ3v) is 5.75. The van der Waals surface area contributed by atoms with Crippen LogP contribution in [0.25, 0.3) is 0 Å². The number of likely N-dealkylation sites (N-methyl/N-ethyl adjacent to an activating group) is 1. The van der Waals surface area contributed by atoms with E-state index in [9.17, 15) is 4.79 Å². The fourth-order valence-corrected chi connectivity index (χ4v) is 4.23. The van der Waals surface area contributed by atoms with Gasteiger partial charge in [0, 0.05) is 26.2 Å². The van der Waals surface area contributed by atoms with Gasteiger partial charge in [0.05, 0.1) is 6.04 Å². The van der Waals surface area contributed by atoms with Crippen LogP contribution >= 0.6 is 0 Å². The van der Waals surface area contributed by atoms with Gasteiger partial charge in [-0.05, 0) is 56.1 Å². The highest BCUT2D eigenvalue weighted by Gasteiger charge is 2.18. The summed E-state index contributed by atoms with van der Waals surface area (Å²) in [5, 5.41) is 6.21. The highest BCUT2D eigenvalue weighted by molar-refractivity contribution is 5.74. The summed E-state index contributed by atoms with van der Waals surface area (Å²) in [6.07, 6.45) is 2.60. The Morgan fingerprint density at radius 2 is 1.80 bits per heavy atom. The van der Waals surface area contributed by atoms with Crippen molar-refractivity contribution in [3.63, 3.8) is 0 Å². The molecule has 2 aromatic rings. The molecule has 2 aromatic carbocycles. The Morgan fingerprint density at radius 3 is 2.50 bits per heavy atom. The maximum absolute atomic E-state index is 12.7. The van der Waals surface area contributed by atoms with Gasteiger partial charge in [-0.3, -0.25) is 4.90 Å². The first-order valence-corrected chi connectivity index (χ1v) is 11.0. The minimum Gasteiger partial charge on any atom is -0.334 e. The van der Waals surface area contributed by atoms with Crippen LogP contribution in [0.4, 0.5) is 4.79 Å². The number of benzene rings is 2. The molecule has 2 amide bonds. The molecule has 0 aliphatic carbocycles. The first kappa shape index (κ1) is 22.3. The summed E-state index contributed by atoms with van der Waals surface area (Å²) >= 11 is 0. The number of hydrogen-bond donors (Lipinski definition) is 2. The molecule has 0 bridgehead atoms. The summed E-state index contributed by atoms with van der Waals surface area (Å²) in [4.78, 5) is 17.3. The lowest BCUT2D eigenvalue weighted by molar-refractivity contribution is 0.176. The van der Waals surface area contributed by atoms with E-state index in [0.29, 0.717) is 6.54 Å². The number of carbonyl (C=O) groups is 1. The number of likely N-dealkylation sites (tertiary alicyclic amines) is 1. The van der Waals surface area contributed by atoms with Crippen molar-refractivity contribution in [2.75, 3.05) is 33.7 Å². The molecule has 0 radical (unpaired) electrons. The smallest absolute Gasteiger partial charge is 0.315 e. The molecule has 1 aliphatic rings. The van der Waals surface area contributed by atoms with Crippen LogP contribution in [0.3, 0.4) is 0 Å². The number of amides is 2. The quantitative estimate of drug-likeness (QED) is 0.694. The topological polar surface area (TPSA) is 47.6 Å². The highest BCUT2D eigenvalue weighted by atomic mass is 16.2. The van der Waals surface area contributed by atoms with Gasteiger partial charge in [0.15, 0.2) is 0 Å². The predicted molar refractivity (Wildman–Crippen MR) is 123 cm³/mol. The van der Waals surface area contributed by atoms with Gasteiger partial charge in [-0.2, -0.15) is 0 Å². The Balaban J connectivity index is 1.58. The normalized spacial score (nSPS) is 18.2. The van der Waals surface area contributed by atoms with E-state index in [1.54, 1.807) is 0 Å². The van der Waals surface area contributed by atoms with E-state index in [1.165, 1.54) is 24.0 Å². The average molecular weight is 409 g/mol. The monoisotopic (exact) mass is 408 g/mol. The number of hydrogen-bond acceptors (Lipinski definition) is 3. The molecular weight excluding hydrogens is 372 g/mol. The van der Waals surface area contributed by atoms with E-state index in [-0.39, 0.29) is 12.1 Å². The zero-order valence-corrected chi connectivity index (χ0v) is 18.6. The third-order valence-electron chi connectivity index (χ3n) is 5.75. The molecule has 1 aliphatic heterocycles. The summed E-state index contributed by atoms with van der Waals surface area (Å²) in [5.41, 5.74) is 3.61. The predicted octanol–water partition coefficient (Wildman–Crippen LogP) is 4.02. The van der Waals surface area contributed by atoms with Gasteiger partial charge in [-0.15, -0.1) is 0 Å². The minimum atomic E-state index is -0.132. The molecule has 0 saturated carbocycles. The van der Waals surface area contributed by atoms with Crippen molar-refractivity contribution in [2.45, 2.75) is 38.9 Å². The molecule has 3 rings (SSSR count). The molecule has 0 spiro atoms. The highest BCUT2D eigenvalue weighted by Crippen LogP contribution is 2.19. The van der Waals surface area contributed by atoms with Crippen LogP contribution in [0.5, 0.6) is 0 Å². The largest absolute Gasteiger partial charge is 0.334 e. The van der Waals surface area contributed by atoms with Gasteiger partial charge in [0.1, 0.15) is 0 Å². The van der Waals surface area contributed by atoms with Crippen LogP contribution in [0, 0.1) is 5.92 Å². The molecule has 162 valence electrons. The maximum atomic E-state index is 12.7. The van der Waals surface area contributed by atoms with Crippen LogP contribution in [0.15, 0.2) is 54.6 Å². The first-order valence-electron chi connectivity index (χ1n) is 11.0. The van der Waals surface area contributed by atoms with E-state index in [2.05, 4.69) is 63.8 Å². The van der Waals surface area contributed by atoms with E-state index in [4.69, 9.17) is 0 Å². The van der Waals surface area contributed by atoms with Gasteiger partial charge in [0.25, 0.3) is 0 Å². The second-order valence-corrected chi connectivity index (χ2v) is 8.80. The van der Waals surface area contributed by atoms with E-state index in [0.717, 1.165) is 37.7 Å². The van der Waals surface area contributed by atoms with Gasteiger partial charge < -0.3 is 15.5 Å². The van der Waals surface area contributed by atoms with Crippen LogP contribution in [-0.2, 0) is 13.1 Å². The van der Waals surface area contributed by atoms with Crippen molar-refractivity contribution < 1.29 is 4.79 Å². The summed E-state index contributed by atoms with van der Waals surface area (Å²) in [5.74, 6) is 0.765. The molecule has 0 aromatic heterocycles. The number of nitrogens with zero attached hydrogens (tertiary/aromatic N) is 2. The minimum absolute atomic E-state index is 0.0497. The Kier molecular flexibility index (Phi) is 8.29. The van der Waals surface area contributed by atoms with E-state index >= 15 is 0 Å². The molecule has 5 heteroatoms. The van der Waals surface area contributed by atoms with Crippen LogP contribution in [0.1, 0.15) is 42.5 Å². The summed E-state index contributed by atoms with van der Waals surface area (Å²) in [6.45, 7) is 6.90. The standard InChI is InChI=1S/C25H36N4O/c1-20-10-9-15-29(17-20)18-23-14-8-7-13-22(23)16-26-25(30)27-24(19-28(2)3)21-11-5-4-6-12-21/h4-8,11-14,20,24H,9-10,15-19H2,1-3H3,(H2,26,27,30). The number of rotatable bonds is 8. The Hall–Kier alpha value is -2.37. The van der Waals surface area contributed by atoms with Crippen molar-refractivity contribution in [3.8, 4) is 0 Å². The molecule has 2 N–H and O–H groups in total. The summed E-state index contributed by atoms with van der Waals surface area (Å²) < 4.78 is 0. The molecule has 1 fully saturated rings. The average Bonchev–Trinajstić information content (AvgIpc) is 2.73. The van der Waals surface area contributed by atoms with Crippen molar-refractivity contribution in [2.24, 2.45) is 5.92 Å². The third kappa shape index (κ3) is 6.85. The van der Waals surface area contributed by atoms with Crippen LogP contribution in [-0.4, -0.2) is 49.6 Å². The van der Waals surface area contributed by atoms with Crippen molar-refractivity contribution in [1.82, 2.24) is 20.4 Å².